The molecule has 1 aliphatic rings. The van der Waals surface area contributed by atoms with Crippen molar-refractivity contribution >= 4 is 46.0 Å². The van der Waals surface area contributed by atoms with E-state index in [9.17, 15) is 18.0 Å². The summed E-state index contributed by atoms with van der Waals surface area (Å²) in [4.78, 5) is 29.5. The van der Waals surface area contributed by atoms with Gasteiger partial charge in [-0.1, -0.05) is 6.07 Å². The molecule has 0 aliphatic carbocycles. The Morgan fingerprint density at radius 1 is 1.20 bits per heavy atom. The number of fused-ring (bicyclic) bond motifs is 1. The molecule has 1 saturated heterocycles. The van der Waals surface area contributed by atoms with E-state index >= 15 is 0 Å². The molecule has 11 heteroatoms. The van der Waals surface area contributed by atoms with Crippen molar-refractivity contribution < 1.29 is 22.7 Å². The van der Waals surface area contributed by atoms with Gasteiger partial charge in [0.05, 0.1) is 40.4 Å². The second kappa shape index (κ2) is 10.3. The fourth-order valence-corrected chi connectivity index (χ4v) is 4.19. The molecule has 0 atom stereocenters. The van der Waals surface area contributed by atoms with Crippen LogP contribution in [0.15, 0.2) is 57.6 Å². The summed E-state index contributed by atoms with van der Waals surface area (Å²) in [6, 6.07) is 7.39. The van der Waals surface area contributed by atoms with E-state index in [4.69, 9.17) is 4.74 Å². The zero-order valence-electron chi connectivity index (χ0n) is 18.8. The van der Waals surface area contributed by atoms with E-state index in [0.29, 0.717) is 22.4 Å². The highest BCUT2D eigenvalue weighted by molar-refractivity contribution is 8.18. The monoisotopic (exact) mass is 499 g/mol. The molecule has 0 spiro atoms. The van der Waals surface area contributed by atoms with Gasteiger partial charge in [-0.15, -0.1) is 0 Å². The number of pyridine rings is 2. The van der Waals surface area contributed by atoms with Crippen molar-refractivity contribution in [2.45, 2.75) is 19.6 Å². The summed E-state index contributed by atoms with van der Waals surface area (Å²) in [6.45, 7) is 2.26. The van der Waals surface area contributed by atoms with Crippen molar-refractivity contribution in [1.82, 2.24) is 15.3 Å². The van der Waals surface area contributed by atoms with Gasteiger partial charge >= 0.3 is 6.18 Å². The first kappa shape index (κ1) is 24.4. The van der Waals surface area contributed by atoms with Crippen LogP contribution in [0, 0.1) is 0 Å². The number of benzene rings is 1. The van der Waals surface area contributed by atoms with E-state index in [1.807, 2.05) is 25.1 Å². The molecule has 0 saturated carbocycles. The molecule has 4 rings (SSSR count). The Bertz CT molecular complexity index is 1370. The van der Waals surface area contributed by atoms with E-state index in [1.54, 1.807) is 25.5 Å². The van der Waals surface area contributed by atoms with E-state index in [1.165, 1.54) is 0 Å². The maximum absolute atomic E-state index is 12.9. The Morgan fingerprint density at radius 2 is 2.03 bits per heavy atom. The predicted octanol–water partition coefficient (Wildman–Crippen LogP) is 4.86. The van der Waals surface area contributed by atoms with Crippen molar-refractivity contribution in [3.8, 4) is 5.75 Å². The Hall–Kier alpha value is -3.73. The van der Waals surface area contributed by atoms with Gasteiger partial charge in [0.15, 0.2) is 5.17 Å². The number of nitrogens with zero attached hydrogens (tertiary/aromatic N) is 4. The Labute approximate surface area is 203 Å². The molecule has 1 aliphatic heterocycles. The highest BCUT2D eigenvalue weighted by atomic mass is 32.2. The minimum absolute atomic E-state index is 0.0963. The molecular formula is C24H20F3N5O2S. The Morgan fingerprint density at radius 3 is 2.77 bits per heavy atom. The summed E-state index contributed by atoms with van der Waals surface area (Å²) in [5.74, 6) is 0.309. The summed E-state index contributed by atoms with van der Waals surface area (Å²) in [7, 11) is 1.67. The summed E-state index contributed by atoms with van der Waals surface area (Å²) in [6.07, 6.45) is 1.71. The maximum Gasteiger partial charge on any atom is 0.416 e. The number of aromatic nitrogens is 2. The largest absolute Gasteiger partial charge is 0.492 e. The molecule has 0 bridgehead atoms. The number of hydrogen-bond donors (Lipinski definition) is 1. The molecule has 1 fully saturated rings. The first-order chi connectivity index (χ1) is 16.8. The third-order valence-corrected chi connectivity index (χ3v) is 5.85. The first-order valence-electron chi connectivity index (χ1n) is 10.5. The molecule has 1 amide bonds. The van der Waals surface area contributed by atoms with Crippen molar-refractivity contribution in [3.05, 3.63) is 70.0 Å². The van der Waals surface area contributed by atoms with Crippen LogP contribution < -0.4 is 10.1 Å². The van der Waals surface area contributed by atoms with Gasteiger partial charge in [-0.3, -0.25) is 24.7 Å². The van der Waals surface area contributed by atoms with Crippen LogP contribution in [0.2, 0.25) is 0 Å². The highest BCUT2D eigenvalue weighted by Gasteiger charge is 2.30. The molecular weight excluding hydrogens is 479 g/mol. The van der Waals surface area contributed by atoms with Crippen LogP contribution in [0.3, 0.4) is 0 Å². The number of amidine groups is 1. The standard InChI is InChI=1S/C24H20F3N5O2S/c1-3-34-21-15(11-28-2)12-30-19-5-4-14(8-18(19)21)9-20-22(33)32-23(35-20)31-13-17-10-16(6-7-29-17)24(25,26)27/h4-12H,3,13H2,1-2H3,(H,31,32,33)/b20-9-,28-11?. The fraction of sp³-hybridized carbons (Fsp3) is 0.208. The molecule has 1 aromatic carbocycles. The number of rotatable bonds is 6. The van der Waals surface area contributed by atoms with Gasteiger partial charge in [-0.2, -0.15) is 13.2 Å². The van der Waals surface area contributed by atoms with Crippen LogP contribution in [0.25, 0.3) is 17.0 Å². The molecule has 0 unspecified atom stereocenters. The average molecular weight is 500 g/mol. The maximum atomic E-state index is 12.9. The number of aliphatic imine (C=N–C) groups is 2. The van der Waals surface area contributed by atoms with Crippen LogP contribution in [0.1, 0.15) is 29.3 Å². The van der Waals surface area contributed by atoms with E-state index in [2.05, 4.69) is 25.3 Å². The lowest BCUT2D eigenvalue weighted by Gasteiger charge is -2.11. The number of carbonyl (C=O) groups is 1. The number of alkyl halides is 3. The zero-order valence-corrected chi connectivity index (χ0v) is 19.6. The van der Waals surface area contributed by atoms with Crippen LogP contribution >= 0.6 is 11.8 Å². The molecule has 0 radical (unpaired) electrons. The van der Waals surface area contributed by atoms with Crippen LogP contribution in [0.4, 0.5) is 13.2 Å². The SMILES string of the molecule is CCOc1c(C=NC)cnc2ccc(/C=C3\SC(=NCc4cc(C(F)(F)F)ccn4)NC3=O)cc12. The number of amides is 1. The third-order valence-electron chi connectivity index (χ3n) is 4.90. The van der Waals surface area contributed by atoms with Gasteiger partial charge < -0.3 is 10.1 Å². The summed E-state index contributed by atoms with van der Waals surface area (Å²) >= 11 is 1.11. The molecule has 35 heavy (non-hydrogen) atoms. The average Bonchev–Trinajstić information content (AvgIpc) is 3.18. The van der Waals surface area contributed by atoms with Gasteiger partial charge in [0, 0.05) is 31.0 Å². The van der Waals surface area contributed by atoms with Gasteiger partial charge in [-0.25, -0.2) is 0 Å². The molecule has 180 valence electrons. The number of carbonyl (C=O) groups excluding carboxylic acids is 1. The predicted molar refractivity (Wildman–Crippen MR) is 131 cm³/mol. The Kier molecular flexibility index (Phi) is 7.15. The summed E-state index contributed by atoms with van der Waals surface area (Å²) in [5.41, 5.74) is 1.60. The lowest BCUT2D eigenvalue weighted by atomic mass is 10.1. The minimum atomic E-state index is -4.46. The lowest BCUT2D eigenvalue weighted by Crippen LogP contribution is -2.19. The summed E-state index contributed by atoms with van der Waals surface area (Å²) < 4.78 is 44.5. The van der Waals surface area contributed by atoms with Gasteiger partial charge in [-0.05, 0) is 54.6 Å². The second-order valence-electron chi connectivity index (χ2n) is 7.36. The van der Waals surface area contributed by atoms with Crippen molar-refractivity contribution in [3.63, 3.8) is 0 Å². The normalized spacial score (nSPS) is 16.5. The topological polar surface area (TPSA) is 88.8 Å². The smallest absolute Gasteiger partial charge is 0.416 e. The molecule has 2 aromatic heterocycles. The van der Waals surface area contributed by atoms with Gasteiger partial charge in [0.25, 0.3) is 5.91 Å². The highest BCUT2D eigenvalue weighted by Crippen LogP contribution is 2.32. The third kappa shape index (κ3) is 5.68. The minimum Gasteiger partial charge on any atom is -0.492 e. The molecule has 1 N–H and O–H groups in total. The molecule has 3 heterocycles. The fourth-order valence-electron chi connectivity index (χ4n) is 3.37. The number of hydrogen-bond acceptors (Lipinski definition) is 7. The quantitative estimate of drug-likeness (QED) is 0.387. The van der Waals surface area contributed by atoms with Crippen molar-refractivity contribution in [2.75, 3.05) is 13.7 Å². The number of nitrogens with one attached hydrogen (secondary N) is 1. The molecule has 3 aromatic rings. The van der Waals surface area contributed by atoms with E-state index in [0.717, 1.165) is 52.1 Å². The van der Waals surface area contributed by atoms with Crippen LogP contribution in [-0.4, -0.2) is 40.9 Å². The van der Waals surface area contributed by atoms with E-state index < -0.39 is 11.7 Å². The number of halogens is 3. The second-order valence-corrected chi connectivity index (χ2v) is 8.39. The number of ether oxygens (including phenoxy) is 1. The van der Waals surface area contributed by atoms with Crippen molar-refractivity contribution in [2.24, 2.45) is 9.98 Å². The van der Waals surface area contributed by atoms with Crippen molar-refractivity contribution in [1.29, 1.82) is 0 Å². The lowest BCUT2D eigenvalue weighted by molar-refractivity contribution is -0.137. The van der Waals surface area contributed by atoms with Gasteiger partial charge in [0.2, 0.25) is 0 Å². The van der Waals surface area contributed by atoms with Crippen LogP contribution in [-0.2, 0) is 17.5 Å². The van der Waals surface area contributed by atoms with E-state index in [-0.39, 0.29) is 18.1 Å². The molecule has 7 nitrogen and oxygen atoms in total. The zero-order chi connectivity index (χ0) is 25.0. The van der Waals surface area contributed by atoms with Crippen LogP contribution in [0.5, 0.6) is 5.75 Å². The first-order valence-corrected chi connectivity index (χ1v) is 11.4. The number of thioether (sulfide) groups is 1. The van der Waals surface area contributed by atoms with Gasteiger partial charge in [0.1, 0.15) is 5.75 Å². The summed E-state index contributed by atoms with van der Waals surface area (Å²) in [5, 5.41) is 3.71. The Balaban J connectivity index is 1.58.